The van der Waals surface area contributed by atoms with E-state index in [1.54, 1.807) is 19.1 Å². The Morgan fingerprint density at radius 2 is 1.86 bits per heavy atom. The van der Waals surface area contributed by atoms with Gasteiger partial charge in [0.25, 0.3) is 0 Å². The van der Waals surface area contributed by atoms with Gasteiger partial charge >= 0.3 is 5.97 Å². The molecule has 1 aromatic carbocycles. The van der Waals surface area contributed by atoms with Crippen LogP contribution in [0.5, 0.6) is 5.75 Å². The molecule has 116 valence electrons. The van der Waals surface area contributed by atoms with Crippen LogP contribution >= 0.6 is 0 Å². The minimum Gasteiger partial charge on any atom is -0.491 e. The van der Waals surface area contributed by atoms with Crippen molar-refractivity contribution in [2.24, 2.45) is 11.8 Å². The molecule has 0 fully saturated rings. The van der Waals surface area contributed by atoms with Crippen molar-refractivity contribution in [1.29, 1.82) is 0 Å². The number of hydrogen-bond acceptors (Lipinski definition) is 3. The van der Waals surface area contributed by atoms with Crippen LogP contribution in [0.1, 0.15) is 33.6 Å². The normalized spacial score (nSPS) is 12.0. The molecule has 0 aliphatic heterocycles. The van der Waals surface area contributed by atoms with Gasteiger partial charge in [-0.1, -0.05) is 32.9 Å². The maximum Gasteiger partial charge on any atom is 0.303 e. The van der Waals surface area contributed by atoms with Crippen LogP contribution < -0.4 is 10.1 Å². The molecule has 0 heterocycles. The maximum absolute atomic E-state index is 11.9. The third-order valence-corrected chi connectivity index (χ3v) is 2.79. The second-order valence-corrected chi connectivity index (χ2v) is 5.66. The summed E-state index contributed by atoms with van der Waals surface area (Å²) >= 11 is 0. The molecule has 0 aliphatic carbocycles. The monoisotopic (exact) mass is 293 g/mol. The zero-order valence-corrected chi connectivity index (χ0v) is 12.8. The molecule has 1 unspecified atom stereocenters. The number of ether oxygens (including phenoxy) is 1. The first-order chi connectivity index (χ1) is 9.88. The molecule has 21 heavy (non-hydrogen) atoms. The third-order valence-electron chi connectivity index (χ3n) is 2.79. The molecule has 1 atom stereocenters. The Kier molecular flexibility index (Phi) is 6.72. The predicted octanol–water partition coefficient (Wildman–Crippen LogP) is 3.16. The van der Waals surface area contributed by atoms with Crippen LogP contribution in [-0.4, -0.2) is 23.6 Å². The number of amides is 1. The Balaban J connectivity index is 2.61. The summed E-state index contributed by atoms with van der Waals surface area (Å²) in [5.41, 5.74) is 0.616. The van der Waals surface area contributed by atoms with Crippen molar-refractivity contribution < 1.29 is 19.4 Å². The highest BCUT2D eigenvalue weighted by Crippen LogP contribution is 2.25. The number of carbonyl (C=O) groups excluding carboxylic acids is 1. The topological polar surface area (TPSA) is 75.6 Å². The van der Waals surface area contributed by atoms with Crippen LogP contribution in [0.4, 0.5) is 5.69 Å². The molecule has 0 aromatic heterocycles. The molecule has 2 N–H and O–H groups in total. The van der Waals surface area contributed by atoms with Crippen LogP contribution in [0.25, 0.3) is 0 Å². The van der Waals surface area contributed by atoms with Crippen molar-refractivity contribution in [2.45, 2.75) is 33.6 Å². The first-order valence-electron chi connectivity index (χ1n) is 7.12. The van der Waals surface area contributed by atoms with Crippen molar-refractivity contribution in [3.8, 4) is 5.75 Å². The van der Waals surface area contributed by atoms with Crippen LogP contribution in [0.3, 0.4) is 0 Å². The average Bonchev–Trinajstić information content (AvgIpc) is 2.36. The lowest BCUT2D eigenvalue weighted by Gasteiger charge is -2.14. The Labute approximate surface area is 125 Å². The Hall–Kier alpha value is -2.04. The number of aliphatic carboxylic acids is 1. The smallest absolute Gasteiger partial charge is 0.303 e. The molecule has 1 amide bonds. The zero-order valence-electron chi connectivity index (χ0n) is 12.8. The van der Waals surface area contributed by atoms with Crippen molar-refractivity contribution in [1.82, 2.24) is 0 Å². The van der Waals surface area contributed by atoms with Crippen LogP contribution in [-0.2, 0) is 9.59 Å². The summed E-state index contributed by atoms with van der Waals surface area (Å²) in [5.74, 6) is -0.277. The Morgan fingerprint density at radius 3 is 2.48 bits per heavy atom. The second kappa shape index (κ2) is 8.29. The second-order valence-electron chi connectivity index (χ2n) is 5.66. The summed E-state index contributed by atoms with van der Waals surface area (Å²) in [6.45, 7) is 6.42. The number of carbonyl (C=O) groups is 2. The summed E-state index contributed by atoms with van der Waals surface area (Å²) in [4.78, 5) is 22.5. The number of para-hydroxylation sites is 2. The lowest BCUT2D eigenvalue weighted by molar-refractivity contribution is -0.138. The molecule has 5 heteroatoms. The molecular weight excluding hydrogens is 270 g/mol. The summed E-state index contributed by atoms with van der Waals surface area (Å²) in [7, 11) is 0. The molecular formula is C16H23NO4. The van der Waals surface area contributed by atoms with E-state index in [0.29, 0.717) is 24.0 Å². The lowest BCUT2D eigenvalue weighted by Crippen LogP contribution is -2.17. The molecule has 0 spiro atoms. The fourth-order valence-electron chi connectivity index (χ4n) is 1.84. The highest BCUT2D eigenvalue weighted by Gasteiger charge is 2.14. The van der Waals surface area contributed by atoms with E-state index in [1.807, 2.05) is 12.1 Å². The third kappa shape index (κ3) is 6.79. The largest absolute Gasteiger partial charge is 0.491 e. The van der Waals surface area contributed by atoms with E-state index in [-0.39, 0.29) is 24.7 Å². The fourth-order valence-corrected chi connectivity index (χ4v) is 1.84. The van der Waals surface area contributed by atoms with Crippen LogP contribution in [0, 0.1) is 11.8 Å². The highest BCUT2D eigenvalue weighted by atomic mass is 16.5. The van der Waals surface area contributed by atoms with Gasteiger partial charge in [0, 0.05) is 12.8 Å². The van der Waals surface area contributed by atoms with Gasteiger partial charge in [-0.15, -0.1) is 0 Å². The van der Waals surface area contributed by atoms with Gasteiger partial charge in [-0.2, -0.15) is 0 Å². The number of hydrogen-bond donors (Lipinski definition) is 2. The first-order valence-corrected chi connectivity index (χ1v) is 7.12. The van der Waals surface area contributed by atoms with Gasteiger partial charge in [0.15, 0.2) is 0 Å². The minimum absolute atomic E-state index is 0.0150. The van der Waals surface area contributed by atoms with Gasteiger partial charge in [-0.25, -0.2) is 0 Å². The fraction of sp³-hybridized carbons (Fsp3) is 0.500. The number of nitrogens with one attached hydrogen (secondary N) is 1. The van der Waals surface area contributed by atoms with Crippen molar-refractivity contribution in [2.75, 3.05) is 11.9 Å². The summed E-state index contributed by atoms with van der Waals surface area (Å²) < 4.78 is 5.66. The number of rotatable bonds is 8. The summed E-state index contributed by atoms with van der Waals surface area (Å²) in [6, 6.07) is 7.24. The van der Waals surface area contributed by atoms with E-state index in [9.17, 15) is 9.59 Å². The molecule has 1 rings (SSSR count). The van der Waals surface area contributed by atoms with Gasteiger partial charge in [-0.3, -0.25) is 9.59 Å². The van der Waals surface area contributed by atoms with Gasteiger partial charge in [0.05, 0.1) is 12.3 Å². The molecule has 0 saturated carbocycles. The maximum atomic E-state index is 11.9. The number of carboxylic acid groups (broad SMARTS) is 1. The standard InChI is InChI=1S/C16H23NO4/c1-11(2)10-21-14-7-5-4-6-13(14)17-15(18)8-12(3)9-16(19)20/h4-7,11-12H,8-10H2,1-3H3,(H,17,18)(H,19,20). The first kappa shape index (κ1) is 17.0. The number of anilines is 1. The summed E-state index contributed by atoms with van der Waals surface area (Å²) in [6.07, 6.45) is 0.156. The molecule has 0 aliphatic rings. The molecule has 0 radical (unpaired) electrons. The van der Waals surface area contributed by atoms with Crippen molar-refractivity contribution >= 4 is 17.6 Å². The zero-order chi connectivity index (χ0) is 15.8. The molecule has 0 saturated heterocycles. The minimum atomic E-state index is -0.893. The highest BCUT2D eigenvalue weighted by molar-refractivity contribution is 5.92. The van der Waals surface area contributed by atoms with E-state index < -0.39 is 5.97 Å². The van der Waals surface area contributed by atoms with Crippen molar-refractivity contribution in [3.05, 3.63) is 24.3 Å². The average molecular weight is 293 g/mol. The number of benzene rings is 1. The van der Waals surface area contributed by atoms with Gasteiger partial charge in [0.1, 0.15) is 5.75 Å². The Bertz CT molecular complexity index is 485. The molecule has 0 bridgehead atoms. The Morgan fingerprint density at radius 1 is 1.19 bits per heavy atom. The predicted molar refractivity (Wildman–Crippen MR) is 81.4 cm³/mol. The van der Waals surface area contributed by atoms with E-state index >= 15 is 0 Å². The van der Waals surface area contributed by atoms with Crippen molar-refractivity contribution in [3.63, 3.8) is 0 Å². The van der Waals surface area contributed by atoms with E-state index in [2.05, 4.69) is 19.2 Å². The van der Waals surface area contributed by atoms with E-state index in [0.717, 1.165) is 0 Å². The van der Waals surface area contributed by atoms with Gasteiger partial charge in [0.2, 0.25) is 5.91 Å². The van der Waals surface area contributed by atoms with Gasteiger partial charge < -0.3 is 15.2 Å². The van der Waals surface area contributed by atoms with Gasteiger partial charge in [-0.05, 0) is 24.0 Å². The quantitative estimate of drug-likeness (QED) is 0.772. The van der Waals surface area contributed by atoms with Crippen LogP contribution in [0.2, 0.25) is 0 Å². The number of carboxylic acids is 1. The summed E-state index contributed by atoms with van der Waals surface area (Å²) in [5, 5.41) is 11.5. The van der Waals surface area contributed by atoms with E-state index in [1.165, 1.54) is 0 Å². The SMILES string of the molecule is CC(C)COc1ccccc1NC(=O)CC(C)CC(=O)O. The lowest BCUT2D eigenvalue weighted by atomic mass is 10.0. The van der Waals surface area contributed by atoms with Crippen LogP contribution in [0.15, 0.2) is 24.3 Å². The van der Waals surface area contributed by atoms with E-state index in [4.69, 9.17) is 9.84 Å². The molecule has 5 nitrogen and oxygen atoms in total. The molecule has 1 aromatic rings.